The molecule has 0 aromatic carbocycles. The van der Waals surface area contributed by atoms with Crippen molar-refractivity contribution in [3.63, 3.8) is 0 Å². The Labute approximate surface area is 176 Å². The summed E-state index contributed by atoms with van der Waals surface area (Å²) in [4.78, 5) is 23.2. The Kier molecular flexibility index (Phi) is 10.1. The van der Waals surface area contributed by atoms with E-state index in [-0.39, 0.29) is 6.42 Å². The minimum Gasteiger partial charge on any atom is -0.743 e. The molecule has 32 heavy (non-hydrogen) atoms. The van der Waals surface area contributed by atoms with Gasteiger partial charge in [0, 0.05) is 6.42 Å². The van der Waals surface area contributed by atoms with Gasteiger partial charge in [-0.2, -0.15) is 35.1 Å². The highest BCUT2D eigenvalue weighted by Crippen LogP contribution is 2.42. The van der Waals surface area contributed by atoms with Gasteiger partial charge in [-0.3, -0.25) is 0 Å². The lowest BCUT2D eigenvalue weighted by atomic mass is 10.2. The van der Waals surface area contributed by atoms with Crippen LogP contribution in [0.25, 0.3) is 0 Å². The third kappa shape index (κ3) is 6.99. The molecule has 188 valence electrons. The molecule has 0 aliphatic heterocycles. The van der Waals surface area contributed by atoms with Gasteiger partial charge in [0.15, 0.2) is 10.1 Å². The Bertz CT molecular complexity index is 796. The largest absolute Gasteiger partial charge is 0.743 e. The van der Waals surface area contributed by atoms with Crippen molar-refractivity contribution in [2.75, 3.05) is 13.2 Å². The zero-order valence-electron chi connectivity index (χ0n) is 16.1. The molecule has 0 spiro atoms. The first-order valence-electron chi connectivity index (χ1n) is 8.43. The molecule has 1 atom stereocenters. The van der Waals surface area contributed by atoms with E-state index >= 15 is 0 Å². The Hall–Kier alpha value is -2.01. The molecule has 1 unspecified atom stereocenters. The Morgan fingerprint density at radius 1 is 1.00 bits per heavy atom. The van der Waals surface area contributed by atoms with Crippen LogP contribution in [0.15, 0.2) is 12.4 Å². The van der Waals surface area contributed by atoms with Gasteiger partial charge in [-0.15, -0.1) is 0 Å². The second-order valence-electron chi connectivity index (χ2n) is 6.03. The quantitative estimate of drug-likeness (QED) is 0.0928. The summed E-state index contributed by atoms with van der Waals surface area (Å²) in [5.74, 6) is -17.2. The third-order valence-electron chi connectivity index (χ3n) is 3.51. The van der Waals surface area contributed by atoms with E-state index in [0.29, 0.717) is 6.42 Å². The van der Waals surface area contributed by atoms with Crippen LogP contribution in [0.5, 0.6) is 0 Å². The fourth-order valence-electron chi connectivity index (χ4n) is 1.81. The van der Waals surface area contributed by atoms with Gasteiger partial charge in [-0.1, -0.05) is 19.9 Å². The van der Waals surface area contributed by atoms with Crippen molar-refractivity contribution in [1.29, 1.82) is 0 Å². The second kappa shape index (κ2) is 10.7. The number of carbonyl (C=O) groups excluding carboxylic acids is 2. The monoisotopic (exact) mass is 509 g/mol. The van der Waals surface area contributed by atoms with Gasteiger partial charge in [0.05, 0.1) is 13.2 Å². The van der Waals surface area contributed by atoms with Gasteiger partial charge in [-0.25, -0.2) is 18.0 Å². The molecule has 0 fully saturated rings. The highest BCUT2D eigenvalue weighted by atomic mass is 32.2. The molecule has 0 radical (unpaired) electrons. The van der Waals surface area contributed by atoms with Crippen LogP contribution in [-0.2, 0) is 33.9 Å². The fraction of sp³-hybridized carbons (Fsp3) is 0.733. The highest BCUT2D eigenvalue weighted by molar-refractivity contribution is 7.86. The molecule has 0 saturated carbocycles. The van der Waals surface area contributed by atoms with Crippen molar-refractivity contribution in [1.82, 2.24) is 0 Å². The average Bonchev–Trinajstić information content (AvgIpc) is 2.61. The molecule has 0 aliphatic rings. The number of alkyl halides is 7. The molecular formula is C15H17F8O8S-. The maximum atomic E-state index is 13.5. The third-order valence-corrected chi connectivity index (χ3v) is 4.44. The van der Waals surface area contributed by atoms with Crippen LogP contribution in [0.2, 0.25) is 0 Å². The average molecular weight is 509 g/mol. The normalized spacial score (nSPS) is 15.1. The maximum absolute atomic E-state index is 13.5. The first-order chi connectivity index (χ1) is 14.3. The molecular weight excluding hydrogens is 492 g/mol. The molecule has 0 amide bonds. The van der Waals surface area contributed by atoms with Crippen LogP contribution in [0, 0.1) is 0 Å². The van der Waals surface area contributed by atoms with Gasteiger partial charge < -0.3 is 18.8 Å². The van der Waals surface area contributed by atoms with Gasteiger partial charge in [-0.05, 0) is 12.8 Å². The van der Waals surface area contributed by atoms with Crippen LogP contribution in [0.4, 0.5) is 35.1 Å². The van der Waals surface area contributed by atoms with Crippen LogP contribution in [0.1, 0.15) is 32.6 Å². The second-order valence-corrected chi connectivity index (χ2v) is 7.45. The van der Waals surface area contributed by atoms with E-state index in [1.807, 2.05) is 0 Å². The van der Waals surface area contributed by atoms with Crippen LogP contribution < -0.4 is 0 Å². The van der Waals surface area contributed by atoms with Crippen molar-refractivity contribution in [2.45, 2.75) is 55.7 Å². The van der Waals surface area contributed by atoms with Crippen LogP contribution in [0.3, 0.4) is 0 Å². The number of ether oxygens (including phenoxy) is 3. The summed E-state index contributed by atoms with van der Waals surface area (Å²) in [5.41, 5.74) is 0. The lowest BCUT2D eigenvalue weighted by Gasteiger charge is -2.32. The summed E-state index contributed by atoms with van der Waals surface area (Å²) in [6.07, 6.45) is -9.35. The Balaban J connectivity index is 5.73. The topological polar surface area (TPSA) is 119 Å². The van der Waals surface area contributed by atoms with Gasteiger partial charge in [0.25, 0.3) is 0 Å². The highest BCUT2D eigenvalue weighted by Gasteiger charge is 2.68. The minimum atomic E-state index is -6.85. The van der Waals surface area contributed by atoms with Crippen LogP contribution in [-0.4, -0.2) is 61.3 Å². The predicted molar refractivity (Wildman–Crippen MR) is 85.8 cm³/mol. The number of carbonyl (C=O) groups is 2. The van der Waals surface area contributed by atoms with E-state index < -0.39 is 77.1 Å². The summed E-state index contributed by atoms with van der Waals surface area (Å²) < 4.78 is 149. The predicted octanol–water partition coefficient (Wildman–Crippen LogP) is 3.18. The van der Waals surface area contributed by atoms with E-state index in [1.54, 1.807) is 6.92 Å². The molecule has 0 rings (SSSR count). The lowest BCUT2D eigenvalue weighted by molar-refractivity contribution is -0.355. The zero-order chi connectivity index (χ0) is 25.6. The Morgan fingerprint density at radius 3 is 1.94 bits per heavy atom. The maximum Gasteiger partial charge on any atom is 0.468 e. The summed E-state index contributed by atoms with van der Waals surface area (Å²) in [6, 6.07) is 0. The first kappa shape index (κ1) is 30.0. The van der Waals surface area contributed by atoms with E-state index in [4.69, 9.17) is 0 Å². The number of halogens is 8. The molecule has 0 heterocycles. The standard InChI is InChI=1S/C15H18F8O8S/c1-3-4-7-29-11(25)13(14(19,20)21,31-10(24)9(2)16)30-8-5-6-12(17,18)15(22,23)32(26,27)28/h2-8H2,1H3,(H,26,27,28)/p-1. The number of hydrogen-bond acceptors (Lipinski definition) is 8. The van der Waals surface area contributed by atoms with Crippen molar-refractivity contribution in [3.8, 4) is 0 Å². The summed E-state index contributed by atoms with van der Waals surface area (Å²) in [7, 11) is -6.85. The SMILES string of the molecule is C=C(F)C(=O)OC(OCCCC(F)(F)C(F)(F)S(=O)(=O)[O-])(C(=O)OCCCC)C(F)(F)F. The molecule has 0 aromatic heterocycles. The minimum absolute atomic E-state index is 0.0222. The van der Waals surface area contributed by atoms with E-state index in [1.165, 1.54) is 0 Å². The van der Waals surface area contributed by atoms with E-state index in [9.17, 15) is 57.7 Å². The number of hydrogen-bond donors (Lipinski definition) is 0. The summed E-state index contributed by atoms with van der Waals surface area (Å²) in [5, 5.41) is -6.11. The molecule has 0 saturated heterocycles. The van der Waals surface area contributed by atoms with Crippen molar-refractivity contribution < 1.29 is 71.9 Å². The van der Waals surface area contributed by atoms with E-state index in [2.05, 4.69) is 20.8 Å². The fourth-order valence-corrected chi connectivity index (χ4v) is 2.28. The molecule has 0 aromatic rings. The molecule has 0 aliphatic carbocycles. The van der Waals surface area contributed by atoms with E-state index in [0.717, 1.165) is 0 Å². The van der Waals surface area contributed by atoms with Crippen molar-refractivity contribution in [2.24, 2.45) is 0 Å². The summed E-state index contributed by atoms with van der Waals surface area (Å²) >= 11 is 0. The number of rotatable bonds is 13. The smallest absolute Gasteiger partial charge is 0.468 e. The van der Waals surface area contributed by atoms with Crippen molar-refractivity contribution in [3.05, 3.63) is 12.4 Å². The number of unbranched alkanes of at least 4 members (excludes halogenated alkanes) is 1. The van der Waals surface area contributed by atoms with Gasteiger partial charge in [0.2, 0.25) is 5.83 Å². The first-order valence-corrected chi connectivity index (χ1v) is 9.84. The molecule has 17 heteroatoms. The zero-order valence-corrected chi connectivity index (χ0v) is 17.0. The molecule has 0 N–H and O–H groups in total. The summed E-state index contributed by atoms with van der Waals surface area (Å²) in [6.45, 7) is 1.56. The number of esters is 2. The van der Waals surface area contributed by atoms with Crippen molar-refractivity contribution >= 4 is 22.1 Å². The van der Waals surface area contributed by atoms with Gasteiger partial charge >= 0.3 is 35.1 Å². The lowest BCUT2D eigenvalue weighted by Crippen LogP contribution is -2.58. The molecule has 0 bridgehead atoms. The Morgan fingerprint density at radius 2 is 1.53 bits per heavy atom. The van der Waals surface area contributed by atoms with Gasteiger partial charge in [0.1, 0.15) is 0 Å². The van der Waals surface area contributed by atoms with Crippen LogP contribution >= 0.6 is 0 Å². The molecule has 8 nitrogen and oxygen atoms in total.